The summed E-state index contributed by atoms with van der Waals surface area (Å²) >= 11 is 0. The Balaban J connectivity index is 2.79. The molecule has 90 valence electrons. The third-order valence-electron chi connectivity index (χ3n) is 2.59. The van der Waals surface area contributed by atoms with E-state index in [9.17, 15) is 9.50 Å². The number of rotatable bonds is 4. The Morgan fingerprint density at radius 3 is 2.50 bits per heavy atom. The fraction of sp³-hybridized carbons (Fsp3) is 0.500. The molecule has 0 saturated carbocycles. The molecule has 0 spiro atoms. The Labute approximate surface area is 95.2 Å². The Morgan fingerprint density at radius 1 is 1.44 bits per heavy atom. The van der Waals surface area contributed by atoms with Crippen LogP contribution in [-0.4, -0.2) is 23.9 Å². The van der Waals surface area contributed by atoms with Crippen LogP contribution in [0, 0.1) is 5.82 Å². The number of ether oxygens (including phenoxy) is 1. The molecule has 1 aromatic carbocycles. The van der Waals surface area contributed by atoms with Gasteiger partial charge in [0, 0.05) is 11.8 Å². The zero-order valence-electron chi connectivity index (χ0n) is 10.0. The van der Waals surface area contributed by atoms with Crippen LogP contribution >= 0.6 is 0 Å². The van der Waals surface area contributed by atoms with E-state index >= 15 is 0 Å². The van der Waals surface area contributed by atoms with Gasteiger partial charge in [0.2, 0.25) is 0 Å². The Morgan fingerprint density at radius 2 is 2.06 bits per heavy atom. The lowest BCUT2D eigenvalue weighted by atomic mass is 10.0. The van der Waals surface area contributed by atoms with Gasteiger partial charge >= 0.3 is 0 Å². The van der Waals surface area contributed by atoms with Crippen LogP contribution in [0.5, 0.6) is 5.75 Å². The molecule has 0 saturated heterocycles. The summed E-state index contributed by atoms with van der Waals surface area (Å²) in [6.07, 6.45) is 0. The van der Waals surface area contributed by atoms with Gasteiger partial charge in [0.05, 0.1) is 18.8 Å². The van der Waals surface area contributed by atoms with Crippen LogP contribution in [0.2, 0.25) is 0 Å². The quantitative estimate of drug-likeness (QED) is 0.830. The predicted molar refractivity (Wildman–Crippen MR) is 62.3 cm³/mol. The molecular weight excluding hydrogens is 209 g/mol. The maximum absolute atomic E-state index is 13.4. The van der Waals surface area contributed by atoms with Crippen molar-refractivity contribution in [3.8, 4) is 5.75 Å². The molecule has 3 nitrogen and oxygen atoms in total. The first-order valence-electron chi connectivity index (χ1n) is 5.17. The van der Waals surface area contributed by atoms with Crippen LogP contribution in [0.15, 0.2) is 18.2 Å². The van der Waals surface area contributed by atoms with Gasteiger partial charge in [-0.2, -0.15) is 0 Å². The second kappa shape index (κ2) is 4.70. The van der Waals surface area contributed by atoms with Gasteiger partial charge in [-0.05, 0) is 32.9 Å². The van der Waals surface area contributed by atoms with Gasteiger partial charge in [-0.1, -0.05) is 0 Å². The highest BCUT2D eigenvalue weighted by Gasteiger charge is 2.22. The average Bonchev–Trinajstić information content (AvgIpc) is 2.16. The van der Waals surface area contributed by atoms with E-state index in [0.29, 0.717) is 5.69 Å². The number of methoxy groups -OCH3 is 1. The fourth-order valence-electron chi connectivity index (χ4n) is 1.18. The molecule has 0 amide bonds. The maximum atomic E-state index is 13.4. The molecule has 1 aromatic rings. The second-order valence-electron chi connectivity index (χ2n) is 4.37. The third kappa shape index (κ3) is 3.10. The van der Waals surface area contributed by atoms with Gasteiger partial charge in [-0.15, -0.1) is 0 Å². The van der Waals surface area contributed by atoms with Crippen LogP contribution in [0.1, 0.15) is 20.8 Å². The van der Waals surface area contributed by atoms with E-state index < -0.39 is 11.4 Å². The van der Waals surface area contributed by atoms with E-state index in [-0.39, 0.29) is 11.8 Å². The van der Waals surface area contributed by atoms with Crippen molar-refractivity contribution in [2.75, 3.05) is 12.4 Å². The highest BCUT2D eigenvalue weighted by molar-refractivity contribution is 5.48. The third-order valence-corrected chi connectivity index (χ3v) is 2.59. The molecule has 0 bridgehead atoms. The monoisotopic (exact) mass is 227 g/mol. The molecular formula is C12H18FNO2. The Hall–Kier alpha value is -1.29. The maximum Gasteiger partial charge on any atom is 0.167 e. The van der Waals surface area contributed by atoms with E-state index in [1.165, 1.54) is 13.2 Å². The largest absolute Gasteiger partial charge is 0.494 e. The molecule has 1 rings (SSSR count). The van der Waals surface area contributed by atoms with Gasteiger partial charge in [0.1, 0.15) is 0 Å². The van der Waals surface area contributed by atoms with Crippen LogP contribution in [-0.2, 0) is 0 Å². The van der Waals surface area contributed by atoms with Crippen LogP contribution < -0.4 is 10.1 Å². The number of anilines is 1. The molecule has 1 unspecified atom stereocenters. The summed E-state index contributed by atoms with van der Waals surface area (Å²) in [6, 6.07) is 4.43. The fourth-order valence-corrected chi connectivity index (χ4v) is 1.18. The van der Waals surface area contributed by atoms with Crippen molar-refractivity contribution < 1.29 is 14.2 Å². The number of hydrogen-bond acceptors (Lipinski definition) is 3. The first-order valence-corrected chi connectivity index (χ1v) is 5.17. The van der Waals surface area contributed by atoms with Crippen molar-refractivity contribution >= 4 is 5.69 Å². The number of halogens is 1. The normalized spacial score (nSPS) is 13.4. The Kier molecular flexibility index (Phi) is 3.75. The van der Waals surface area contributed by atoms with Crippen molar-refractivity contribution in [3.63, 3.8) is 0 Å². The van der Waals surface area contributed by atoms with E-state index in [0.717, 1.165) is 0 Å². The summed E-state index contributed by atoms with van der Waals surface area (Å²) in [7, 11) is 1.42. The first kappa shape index (κ1) is 12.8. The lowest BCUT2D eigenvalue weighted by Crippen LogP contribution is -2.39. The molecule has 0 heterocycles. The number of benzene rings is 1. The minimum absolute atomic E-state index is 0.180. The molecule has 0 fully saturated rings. The highest BCUT2D eigenvalue weighted by atomic mass is 19.1. The summed E-state index contributed by atoms with van der Waals surface area (Å²) in [5, 5.41) is 12.8. The van der Waals surface area contributed by atoms with Gasteiger partial charge in [-0.25, -0.2) is 4.39 Å². The lowest BCUT2D eigenvalue weighted by molar-refractivity contribution is 0.0649. The van der Waals surface area contributed by atoms with Gasteiger partial charge in [0.25, 0.3) is 0 Å². The van der Waals surface area contributed by atoms with E-state index in [1.54, 1.807) is 26.0 Å². The van der Waals surface area contributed by atoms with Gasteiger partial charge in [-0.3, -0.25) is 0 Å². The zero-order valence-corrected chi connectivity index (χ0v) is 10.0. The molecule has 0 radical (unpaired) electrons. The van der Waals surface area contributed by atoms with Crippen LogP contribution in [0.25, 0.3) is 0 Å². The van der Waals surface area contributed by atoms with E-state index in [2.05, 4.69) is 5.32 Å². The molecule has 16 heavy (non-hydrogen) atoms. The average molecular weight is 227 g/mol. The van der Waals surface area contributed by atoms with Crippen molar-refractivity contribution in [3.05, 3.63) is 24.0 Å². The molecule has 0 aliphatic heterocycles. The molecule has 0 aromatic heterocycles. The summed E-state index contributed by atoms with van der Waals surface area (Å²) in [4.78, 5) is 0. The lowest BCUT2D eigenvalue weighted by Gasteiger charge is -2.27. The summed E-state index contributed by atoms with van der Waals surface area (Å²) in [6.45, 7) is 5.23. The van der Waals surface area contributed by atoms with Crippen molar-refractivity contribution in [1.82, 2.24) is 0 Å². The smallest absolute Gasteiger partial charge is 0.167 e. The van der Waals surface area contributed by atoms with Crippen molar-refractivity contribution in [2.24, 2.45) is 0 Å². The van der Waals surface area contributed by atoms with E-state index in [4.69, 9.17) is 4.74 Å². The SMILES string of the molecule is COc1ccc(NC(C)C(C)(C)O)cc1F. The minimum Gasteiger partial charge on any atom is -0.494 e. The first-order chi connectivity index (χ1) is 7.34. The standard InChI is InChI=1S/C12H18FNO2/c1-8(12(2,3)15)14-9-5-6-11(16-4)10(13)7-9/h5-8,14-15H,1-4H3. The Bertz CT molecular complexity index is 361. The zero-order chi connectivity index (χ0) is 12.3. The van der Waals surface area contributed by atoms with Crippen LogP contribution in [0.4, 0.5) is 10.1 Å². The molecule has 0 aliphatic rings. The van der Waals surface area contributed by atoms with Gasteiger partial charge < -0.3 is 15.2 Å². The van der Waals surface area contributed by atoms with Gasteiger partial charge in [0.15, 0.2) is 11.6 Å². The predicted octanol–water partition coefficient (Wildman–Crippen LogP) is 2.41. The topological polar surface area (TPSA) is 41.5 Å². The highest BCUT2D eigenvalue weighted by Crippen LogP contribution is 2.22. The molecule has 1 atom stereocenters. The van der Waals surface area contributed by atoms with Crippen molar-refractivity contribution in [2.45, 2.75) is 32.4 Å². The number of nitrogens with one attached hydrogen (secondary N) is 1. The molecule has 2 N–H and O–H groups in total. The summed E-state index contributed by atoms with van der Waals surface area (Å²) in [5.41, 5.74) is -0.246. The van der Waals surface area contributed by atoms with Crippen molar-refractivity contribution in [1.29, 1.82) is 0 Å². The summed E-state index contributed by atoms with van der Waals surface area (Å²) < 4.78 is 18.2. The molecule has 4 heteroatoms. The second-order valence-corrected chi connectivity index (χ2v) is 4.37. The summed E-state index contributed by atoms with van der Waals surface area (Å²) in [5.74, 6) is -0.211. The van der Waals surface area contributed by atoms with Crippen LogP contribution in [0.3, 0.4) is 0 Å². The number of aliphatic hydroxyl groups is 1. The van der Waals surface area contributed by atoms with E-state index in [1.807, 2.05) is 6.92 Å². The molecule has 0 aliphatic carbocycles. The minimum atomic E-state index is -0.865. The number of hydrogen-bond donors (Lipinski definition) is 2.